The predicted octanol–water partition coefficient (Wildman–Crippen LogP) is 1.96. The van der Waals surface area contributed by atoms with Crippen molar-refractivity contribution >= 4 is 21.8 Å². The second-order valence-corrected chi connectivity index (χ2v) is 6.92. The zero-order valence-corrected chi connectivity index (χ0v) is 12.9. The van der Waals surface area contributed by atoms with E-state index in [1.807, 2.05) is 6.92 Å². The summed E-state index contributed by atoms with van der Waals surface area (Å²) in [5, 5.41) is 0. The van der Waals surface area contributed by atoms with E-state index < -0.39 is 9.84 Å². The molecule has 0 radical (unpaired) electrons. The van der Waals surface area contributed by atoms with Crippen LogP contribution in [-0.2, 0) is 14.6 Å². The number of amides is 1. The molecule has 0 N–H and O–H groups in total. The smallest absolute Gasteiger partial charge is 0.246 e. The molecule has 1 rings (SSSR count). The van der Waals surface area contributed by atoms with Crippen LogP contribution in [0.3, 0.4) is 0 Å². The molecule has 0 fully saturated rings. The second-order valence-electron chi connectivity index (χ2n) is 4.52. The van der Waals surface area contributed by atoms with Crippen LogP contribution in [0, 0.1) is 0 Å². The van der Waals surface area contributed by atoms with E-state index in [4.69, 9.17) is 4.42 Å². The van der Waals surface area contributed by atoms with Gasteiger partial charge in [-0.05, 0) is 32.1 Å². The van der Waals surface area contributed by atoms with Crippen LogP contribution in [0.4, 0.5) is 0 Å². The van der Waals surface area contributed by atoms with Crippen LogP contribution in [0.15, 0.2) is 28.9 Å². The van der Waals surface area contributed by atoms with E-state index in [9.17, 15) is 13.2 Å². The van der Waals surface area contributed by atoms with Gasteiger partial charge in [-0.25, -0.2) is 8.42 Å². The number of furan rings is 1. The van der Waals surface area contributed by atoms with Crippen LogP contribution < -0.4 is 0 Å². The molecule has 5 nitrogen and oxygen atoms in total. The maximum Gasteiger partial charge on any atom is 0.246 e. The van der Waals surface area contributed by atoms with Gasteiger partial charge in [-0.15, -0.1) is 0 Å². The van der Waals surface area contributed by atoms with Gasteiger partial charge in [-0.3, -0.25) is 4.79 Å². The highest BCUT2D eigenvalue weighted by atomic mass is 32.2. The lowest BCUT2D eigenvalue weighted by molar-refractivity contribution is -0.127. The fourth-order valence-corrected chi connectivity index (χ4v) is 3.05. The van der Waals surface area contributed by atoms with Crippen molar-refractivity contribution < 1.29 is 17.6 Å². The molecule has 0 spiro atoms. The summed E-state index contributed by atoms with van der Waals surface area (Å²) >= 11 is 0. The van der Waals surface area contributed by atoms with Gasteiger partial charge < -0.3 is 9.32 Å². The number of carbonyl (C=O) groups excluding carboxylic acids is 1. The van der Waals surface area contributed by atoms with Crippen LogP contribution in [0.2, 0.25) is 0 Å². The minimum absolute atomic E-state index is 0.0162. The molecule has 0 saturated carbocycles. The molecule has 0 aromatic carbocycles. The van der Waals surface area contributed by atoms with Crippen molar-refractivity contribution in [2.75, 3.05) is 18.1 Å². The van der Waals surface area contributed by atoms with E-state index in [1.54, 1.807) is 32.1 Å². The van der Waals surface area contributed by atoms with Gasteiger partial charge in [0.2, 0.25) is 5.91 Å². The highest BCUT2D eigenvalue weighted by molar-refractivity contribution is 7.91. The number of hydrogen-bond acceptors (Lipinski definition) is 4. The Morgan fingerprint density at radius 1 is 1.45 bits per heavy atom. The molecule has 6 heteroatoms. The van der Waals surface area contributed by atoms with Crippen molar-refractivity contribution in [3.8, 4) is 0 Å². The van der Waals surface area contributed by atoms with Crippen molar-refractivity contribution in [2.45, 2.75) is 26.8 Å². The zero-order valence-electron chi connectivity index (χ0n) is 12.1. The average Bonchev–Trinajstić information content (AvgIpc) is 2.89. The molecule has 1 aromatic rings. The molecule has 1 aromatic heterocycles. The van der Waals surface area contributed by atoms with E-state index in [-0.39, 0.29) is 23.5 Å². The first kappa shape index (κ1) is 16.5. The van der Waals surface area contributed by atoms with Crippen LogP contribution in [-0.4, -0.2) is 43.3 Å². The van der Waals surface area contributed by atoms with Gasteiger partial charge in [0.1, 0.15) is 5.76 Å². The molecule has 1 atom stereocenters. The predicted molar refractivity (Wildman–Crippen MR) is 78.9 cm³/mol. The maximum absolute atomic E-state index is 12.1. The van der Waals surface area contributed by atoms with Crippen LogP contribution in [0.5, 0.6) is 0 Å². The molecule has 1 heterocycles. The minimum Gasteiger partial charge on any atom is -0.465 e. The summed E-state index contributed by atoms with van der Waals surface area (Å²) in [6.07, 6.45) is 4.50. The standard InChI is InChI=1S/C14H21NO4S/c1-4-15(12(3)11-20(17,18)5-2)14(16)9-8-13-7-6-10-19-13/h6-10,12H,4-5,11H2,1-3H3. The number of hydrogen-bond donors (Lipinski definition) is 0. The van der Waals surface area contributed by atoms with E-state index in [2.05, 4.69) is 0 Å². The van der Waals surface area contributed by atoms with E-state index in [0.29, 0.717) is 12.3 Å². The number of likely N-dealkylation sites (N-methyl/N-ethyl adjacent to an activating group) is 1. The number of rotatable bonds is 7. The van der Waals surface area contributed by atoms with Gasteiger partial charge >= 0.3 is 0 Å². The first-order valence-corrected chi connectivity index (χ1v) is 8.44. The first-order valence-electron chi connectivity index (χ1n) is 6.62. The minimum atomic E-state index is -3.10. The Labute approximate surface area is 120 Å². The van der Waals surface area contributed by atoms with Crippen LogP contribution in [0.1, 0.15) is 26.5 Å². The highest BCUT2D eigenvalue weighted by Crippen LogP contribution is 2.07. The summed E-state index contributed by atoms with van der Waals surface area (Å²) in [4.78, 5) is 13.6. The van der Waals surface area contributed by atoms with Crippen molar-refractivity contribution in [1.82, 2.24) is 4.90 Å². The summed E-state index contributed by atoms with van der Waals surface area (Å²) in [6.45, 7) is 5.64. The SMILES string of the molecule is CCN(C(=O)C=Cc1ccco1)C(C)CS(=O)(=O)CC. The summed E-state index contributed by atoms with van der Waals surface area (Å²) in [6, 6.07) is 3.13. The quantitative estimate of drug-likeness (QED) is 0.722. The summed E-state index contributed by atoms with van der Waals surface area (Å²) < 4.78 is 28.4. The van der Waals surface area contributed by atoms with E-state index >= 15 is 0 Å². The highest BCUT2D eigenvalue weighted by Gasteiger charge is 2.21. The third-order valence-electron chi connectivity index (χ3n) is 3.02. The van der Waals surface area contributed by atoms with Crippen molar-refractivity contribution in [3.05, 3.63) is 30.2 Å². The Morgan fingerprint density at radius 2 is 2.15 bits per heavy atom. The Morgan fingerprint density at radius 3 is 2.65 bits per heavy atom. The monoisotopic (exact) mass is 299 g/mol. The number of sulfone groups is 1. The molecule has 112 valence electrons. The Bertz CT molecular complexity index is 546. The maximum atomic E-state index is 12.1. The van der Waals surface area contributed by atoms with Gasteiger partial charge in [0.15, 0.2) is 9.84 Å². The summed E-state index contributed by atoms with van der Waals surface area (Å²) in [7, 11) is -3.10. The molecule has 0 aliphatic carbocycles. The molecule has 1 unspecified atom stereocenters. The summed E-state index contributed by atoms with van der Waals surface area (Å²) in [5.41, 5.74) is 0. The molecule has 1 amide bonds. The van der Waals surface area contributed by atoms with Gasteiger partial charge in [-0.1, -0.05) is 6.92 Å². The fraction of sp³-hybridized carbons (Fsp3) is 0.500. The Balaban J connectivity index is 2.72. The second kappa shape index (κ2) is 7.28. The number of carbonyl (C=O) groups is 1. The zero-order chi connectivity index (χ0) is 15.2. The third kappa shape index (κ3) is 4.85. The third-order valence-corrected chi connectivity index (χ3v) is 4.89. The topological polar surface area (TPSA) is 67.6 Å². The first-order chi connectivity index (χ1) is 9.39. The molecular weight excluding hydrogens is 278 g/mol. The molecule has 0 aliphatic rings. The Hall–Kier alpha value is -1.56. The van der Waals surface area contributed by atoms with Gasteiger partial charge in [-0.2, -0.15) is 0 Å². The molecular formula is C14H21NO4S. The lowest BCUT2D eigenvalue weighted by atomic mass is 10.3. The average molecular weight is 299 g/mol. The van der Waals surface area contributed by atoms with Crippen molar-refractivity contribution in [2.24, 2.45) is 0 Å². The van der Waals surface area contributed by atoms with Crippen LogP contribution >= 0.6 is 0 Å². The largest absolute Gasteiger partial charge is 0.465 e. The van der Waals surface area contributed by atoms with Gasteiger partial charge in [0.25, 0.3) is 0 Å². The lowest BCUT2D eigenvalue weighted by Crippen LogP contribution is -2.41. The summed E-state index contributed by atoms with van der Waals surface area (Å²) in [5.74, 6) is 0.439. The molecule has 0 bridgehead atoms. The number of nitrogens with zero attached hydrogens (tertiary/aromatic N) is 1. The van der Waals surface area contributed by atoms with Gasteiger partial charge in [0, 0.05) is 24.4 Å². The van der Waals surface area contributed by atoms with E-state index in [0.717, 1.165) is 0 Å². The normalized spacial score (nSPS) is 13.6. The molecule has 0 aliphatic heterocycles. The van der Waals surface area contributed by atoms with Crippen molar-refractivity contribution in [3.63, 3.8) is 0 Å². The van der Waals surface area contributed by atoms with Crippen LogP contribution in [0.25, 0.3) is 6.08 Å². The van der Waals surface area contributed by atoms with E-state index in [1.165, 1.54) is 17.2 Å². The molecule has 0 saturated heterocycles. The molecule has 20 heavy (non-hydrogen) atoms. The lowest BCUT2D eigenvalue weighted by Gasteiger charge is -2.26. The Kier molecular flexibility index (Phi) is 6.01. The van der Waals surface area contributed by atoms with Gasteiger partial charge in [0.05, 0.1) is 12.0 Å². The van der Waals surface area contributed by atoms with Crippen molar-refractivity contribution in [1.29, 1.82) is 0 Å². The fourth-order valence-electron chi connectivity index (χ4n) is 1.90.